The Morgan fingerprint density at radius 2 is 1.73 bits per heavy atom. The minimum Gasteiger partial charge on any atom is -0.493 e. The smallest absolute Gasteiger partial charge is 0.226 e. The molecular formula is C22H30N2O2. The van der Waals surface area contributed by atoms with Gasteiger partial charge in [-0.25, -0.2) is 0 Å². The molecule has 4 nitrogen and oxygen atoms in total. The molecular weight excluding hydrogens is 324 g/mol. The number of amides is 1. The molecule has 0 heterocycles. The normalized spacial score (nSPS) is 10.5. The van der Waals surface area contributed by atoms with Crippen molar-refractivity contribution in [2.45, 2.75) is 33.7 Å². The molecule has 1 amide bonds. The van der Waals surface area contributed by atoms with Crippen LogP contribution in [0.1, 0.15) is 30.0 Å². The lowest BCUT2D eigenvalue weighted by Crippen LogP contribution is -2.31. The van der Waals surface area contributed by atoms with Crippen molar-refractivity contribution in [2.75, 3.05) is 32.1 Å². The molecule has 26 heavy (non-hydrogen) atoms. The number of anilines is 1. The van der Waals surface area contributed by atoms with E-state index in [1.807, 2.05) is 51.9 Å². The van der Waals surface area contributed by atoms with Crippen LogP contribution < -0.4 is 9.64 Å². The van der Waals surface area contributed by atoms with Gasteiger partial charge in [-0.05, 0) is 55.7 Å². The molecule has 2 rings (SSSR count). The number of hydrogen-bond acceptors (Lipinski definition) is 3. The molecule has 0 aliphatic rings. The van der Waals surface area contributed by atoms with Crippen LogP contribution in [0.2, 0.25) is 0 Å². The number of hydrogen-bond donors (Lipinski definition) is 0. The maximum absolute atomic E-state index is 12.5. The van der Waals surface area contributed by atoms with Gasteiger partial charge in [0.05, 0.1) is 13.0 Å². The fraction of sp³-hybridized carbons (Fsp3) is 0.409. The molecule has 4 heteroatoms. The molecule has 0 aliphatic heterocycles. The van der Waals surface area contributed by atoms with Crippen LogP contribution in [0, 0.1) is 13.8 Å². The fourth-order valence-electron chi connectivity index (χ4n) is 2.77. The molecule has 0 bridgehead atoms. The lowest BCUT2D eigenvalue weighted by atomic mass is 10.1. The summed E-state index contributed by atoms with van der Waals surface area (Å²) in [6.07, 6.45) is 0.386. The van der Waals surface area contributed by atoms with Gasteiger partial charge in [0.2, 0.25) is 5.91 Å². The van der Waals surface area contributed by atoms with E-state index >= 15 is 0 Å². The molecule has 140 valence electrons. The average molecular weight is 354 g/mol. The van der Waals surface area contributed by atoms with E-state index in [-0.39, 0.29) is 5.91 Å². The molecule has 2 aromatic rings. The Balaban J connectivity index is 1.88. The molecule has 0 aromatic heterocycles. The van der Waals surface area contributed by atoms with Crippen LogP contribution in [0.3, 0.4) is 0 Å². The summed E-state index contributed by atoms with van der Waals surface area (Å²) in [5, 5.41) is 0. The highest BCUT2D eigenvalue weighted by Gasteiger charge is 2.13. The molecule has 0 atom stereocenters. The second kappa shape index (κ2) is 9.27. The van der Waals surface area contributed by atoms with Gasteiger partial charge in [0.15, 0.2) is 0 Å². The number of benzene rings is 2. The Bertz CT molecular complexity index is 723. The number of rotatable bonds is 8. The maximum Gasteiger partial charge on any atom is 0.226 e. The van der Waals surface area contributed by atoms with Gasteiger partial charge >= 0.3 is 0 Å². The first-order valence-electron chi connectivity index (χ1n) is 9.14. The Hall–Kier alpha value is -2.49. The topological polar surface area (TPSA) is 32.8 Å². The van der Waals surface area contributed by atoms with Crippen LogP contribution in [0.5, 0.6) is 5.75 Å². The molecule has 0 unspecified atom stereocenters. The molecule has 0 N–H and O–H groups in total. The van der Waals surface area contributed by atoms with Gasteiger partial charge in [0.25, 0.3) is 0 Å². The standard InChI is InChI=1S/C22H30N2O2/c1-6-24(16-19-9-11-20(12-10-19)23(4)5)22(25)13-14-26-21-15-17(2)7-8-18(21)3/h7-12,15H,6,13-14,16H2,1-5H3. The second-order valence-corrected chi connectivity index (χ2v) is 6.84. The third kappa shape index (κ3) is 5.51. The highest BCUT2D eigenvalue weighted by Crippen LogP contribution is 2.19. The summed E-state index contributed by atoms with van der Waals surface area (Å²) >= 11 is 0. The van der Waals surface area contributed by atoms with Crippen LogP contribution in [0.25, 0.3) is 0 Å². The van der Waals surface area contributed by atoms with Crippen LogP contribution in [0.4, 0.5) is 5.69 Å². The van der Waals surface area contributed by atoms with E-state index in [0.29, 0.717) is 26.1 Å². The van der Waals surface area contributed by atoms with Crippen molar-refractivity contribution in [1.29, 1.82) is 0 Å². The van der Waals surface area contributed by atoms with Gasteiger partial charge in [-0.1, -0.05) is 24.3 Å². The highest BCUT2D eigenvalue weighted by atomic mass is 16.5. The van der Waals surface area contributed by atoms with Crippen molar-refractivity contribution in [3.8, 4) is 5.75 Å². The van der Waals surface area contributed by atoms with Crippen molar-refractivity contribution in [3.63, 3.8) is 0 Å². The lowest BCUT2D eigenvalue weighted by Gasteiger charge is -2.22. The van der Waals surface area contributed by atoms with Crippen LogP contribution in [-0.2, 0) is 11.3 Å². The van der Waals surface area contributed by atoms with Gasteiger partial charge in [0.1, 0.15) is 5.75 Å². The summed E-state index contributed by atoms with van der Waals surface area (Å²) in [7, 11) is 4.04. The zero-order valence-electron chi connectivity index (χ0n) is 16.6. The highest BCUT2D eigenvalue weighted by molar-refractivity contribution is 5.76. The lowest BCUT2D eigenvalue weighted by molar-refractivity contribution is -0.132. The zero-order valence-corrected chi connectivity index (χ0v) is 16.6. The van der Waals surface area contributed by atoms with Crippen molar-refractivity contribution in [3.05, 3.63) is 59.2 Å². The van der Waals surface area contributed by atoms with Crippen LogP contribution in [0.15, 0.2) is 42.5 Å². The third-order valence-electron chi connectivity index (χ3n) is 4.48. The minimum atomic E-state index is 0.120. The average Bonchev–Trinajstić information content (AvgIpc) is 2.62. The van der Waals surface area contributed by atoms with Crippen molar-refractivity contribution in [2.24, 2.45) is 0 Å². The van der Waals surface area contributed by atoms with E-state index < -0.39 is 0 Å². The number of ether oxygens (including phenoxy) is 1. The number of nitrogens with zero attached hydrogens (tertiary/aromatic N) is 2. The molecule has 0 radical (unpaired) electrons. The SMILES string of the molecule is CCN(Cc1ccc(N(C)C)cc1)C(=O)CCOc1cc(C)ccc1C. The fourth-order valence-corrected chi connectivity index (χ4v) is 2.77. The quantitative estimate of drug-likeness (QED) is 0.713. The van der Waals surface area contributed by atoms with E-state index in [1.54, 1.807) is 0 Å². The van der Waals surface area contributed by atoms with Gasteiger partial charge in [-0.2, -0.15) is 0 Å². The van der Waals surface area contributed by atoms with E-state index in [2.05, 4.69) is 35.2 Å². The minimum absolute atomic E-state index is 0.120. The Morgan fingerprint density at radius 3 is 2.35 bits per heavy atom. The third-order valence-corrected chi connectivity index (χ3v) is 4.48. The molecule has 0 aliphatic carbocycles. The molecule has 0 saturated heterocycles. The number of aryl methyl sites for hydroxylation is 2. The van der Waals surface area contributed by atoms with E-state index in [9.17, 15) is 4.79 Å². The number of carbonyl (C=O) groups excluding carboxylic acids is 1. The first-order chi connectivity index (χ1) is 12.4. The summed E-state index contributed by atoms with van der Waals surface area (Å²) in [6, 6.07) is 14.4. The zero-order chi connectivity index (χ0) is 19.1. The molecule has 0 fully saturated rings. The summed E-state index contributed by atoms with van der Waals surface area (Å²) < 4.78 is 5.82. The van der Waals surface area contributed by atoms with Gasteiger partial charge in [0, 0.05) is 32.9 Å². The predicted octanol–water partition coefficient (Wildman–Crippen LogP) is 4.19. The van der Waals surface area contributed by atoms with E-state index in [1.165, 1.54) is 0 Å². The maximum atomic E-state index is 12.5. The van der Waals surface area contributed by atoms with Crippen LogP contribution >= 0.6 is 0 Å². The Morgan fingerprint density at radius 1 is 1.04 bits per heavy atom. The number of carbonyl (C=O) groups is 1. The first-order valence-corrected chi connectivity index (χ1v) is 9.14. The molecule has 0 saturated carbocycles. The van der Waals surface area contributed by atoms with Crippen LogP contribution in [-0.4, -0.2) is 38.1 Å². The van der Waals surface area contributed by atoms with E-state index in [0.717, 1.165) is 28.1 Å². The predicted molar refractivity (Wildman–Crippen MR) is 108 cm³/mol. The largest absolute Gasteiger partial charge is 0.493 e. The van der Waals surface area contributed by atoms with Gasteiger partial charge < -0.3 is 14.5 Å². The molecule has 2 aromatic carbocycles. The van der Waals surface area contributed by atoms with Crippen molar-refractivity contribution in [1.82, 2.24) is 4.90 Å². The second-order valence-electron chi connectivity index (χ2n) is 6.84. The summed E-state index contributed by atoms with van der Waals surface area (Å²) in [5.74, 6) is 0.981. The molecule has 0 spiro atoms. The Labute approximate surface area is 157 Å². The first kappa shape index (κ1) is 19.8. The van der Waals surface area contributed by atoms with Crippen molar-refractivity contribution >= 4 is 11.6 Å². The van der Waals surface area contributed by atoms with Crippen molar-refractivity contribution < 1.29 is 9.53 Å². The summed E-state index contributed by atoms with van der Waals surface area (Å²) in [5.41, 5.74) is 4.55. The monoisotopic (exact) mass is 354 g/mol. The summed E-state index contributed by atoms with van der Waals surface area (Å²) in [6.45, 7) is 7.80. The van der Waals surface area contributed by atoms with Gasteiger partial charge in [-0.15, -0.1) is 0 Å². The van der Waals surface area contributed by atoms with E-state index in [4.69, 9.17) is 4.74 Å². The summed E-state index contributed by atoms with van der Waals surface area (Å²) in [4.78, 5) is 16.5. The Kier molecular flexibility index (Phi) is 7.07. The van der Waals surface area contributed by atoms with Gasteiger partial charge in [-0.3, -0.25) is 4.79 Å².